The molecule has 8 heteroatoms. The van der Waals surface area contributed by atoms with Crippen LogP contribution in [-0.4, -0.2) is 39.6 Å². The Morgan fingerprint density at radius 3 is 2.63 bits per heavy atom. The van der Waals surface area contributed by atoms with E-state index in [2.05, 4.69) is 21.7 Å². The Kier molecular flexibility index (Phi) is 6.03. The van der Waals surface area contributed by atoms with Gasteiger partial charge in [0.2, 0.25) is 6.79 Å². The fourth-order valence-corrected chi connectivity index (χ4v) is 3.89. The second-order valence-corrected chi connectivity index (χ2v) is 7.48. The first kappa shape index (κ1) is 20.4. The monoisotopic (exact) mass is 417 g/mol. The largest absolute Gasteiger partial charge is 0.454 e. The van der Waals surface area contributed by atoms with Gasteiger partial charge in [0.05, 0.1) is 0 Å². The van der Waals surface area contributed by atoms with E-state index in [4.69, 9.17) is 14.2 Å². The third-order valence-electron chi connectivity index (χ3n) is 5.71. The minimum absolute atomic E-state index is 0.128. The highest BCUT2D eigenvalue weighted by Gasteiger charge is 2.35. The molecule has 0 unspecified atom stereocenters. The molecule has 160 valence electrons. The number of guanidine groups is 1. The second-order valence-electron chi connectivity index (χ2n) is 7.48. The zero-order valence-corrected chi connectivity index (χ0v) is 16.8. The highest BCUT2D eigenvalue weighted by molar-refractivity contribution is 5.79. The predicted octanol–water partition coefficient (Wildman–Crippen LogP) is 3.11. The number of rotatable bonds is 5. The average Bonchev–Trinajstić information content (AvgIpc) is 3.25. The van der Waals surface area contributed by atoms with E-state index in [1.165, 1.54) is 6.07 Å². The van der Waals surface area contributed by atoms with Gasteiger partial charge in [0.15, 0.2) is 17.5 Å². The molecule has 0 amide bonds. The Balaban J connectivity index is 1.46. The average molecular weight is 417 g/mol. The van der Waals surface area contributed by atoms with Crippen LogP contribution in [0.15, 0.2) is 41.4 Å². The Bertz CT molecular complexity index is 930. The van der Waals surface area contributed by atoms with Crippen LogP contribution in [0.4, 0.5) is 8.78 Å². The number of aliphatic imine (C=N–C) groups is 1. The molecule has 1 fully saturated rings. The van der Waals surface area contributed by atoms with Gasteiger partial charge in [-0.05, 0) is 48.7 Å². The zero-order chi connectivity index (χ0) is 21.0. The number of ether oxygens (including phenoxy) is 3. The molecule has 0 saturated carbocycles. The third-order valence-corrected chi connectivity index (χ3v) is 5.71. The molecule has 0 spiro atoms. The van der Waals surface area contributed by atoms with Gasteiger partial charge in [0.25, 0.3) is 0 Å². The minimum atomic E-state index is -0.472. The van der Waals surface area contributed by atoms with Gasteiger partial charge in [-0.15, -0.1) is 0 Å². The van der Waals surface area contributed by atoms with Crippen molar-refractivity contribution in [2.24, 2.45) is 4.99 Å². The summed E-state index contributed by atoms with van der Waals surface area (Å²) >= 11 is 0. The molecule has 2 aromatic carbocycles. The van der Waals surface area contributed by atoms with Crippen molar-refractivity contribution in [3.8, 4) is 11.5 Å². The zero-order valence-electron chi connectivity index (χ0n) is 16.8. The van der Waals surface area contributed by atoms with Crippen LogP contribution in [0.3, 0.4) is 0 Å². The lowest BCUT2D eigenvalue weighted by Crippen LogP contribution is -2.48. The van der Waals surface area contributed by atoms with Gasteiger partial charge in [0.1, 0.15) is 11.6 Å². The van der Waals surface area contributed by atoms with Crippen molar-refractivity contribution in [1.29, 1.82) is 0 Å². The van der Waals surface area contributed by atoms with Crippen molar-refractivity contribution < 1.29 is 23.0 Å². The van der Waals surface area contributed by atoms with Crippen LogP contribution in [0.5, 0.6) is 11.5 Å². The van der Waals surface area contributed by atoms with Crippen LogP contribution >= 0.6 is 0 Å². The van der Waals surface area contributed by atoms with Crippen molar-refractivity contribution in [2.75, 3.05) is 33.6 Å². The predicted molar refractivity (Wildman–Crippen MR) is 109 cm³/mol. The summed E-state index contributed by atoms with van der Waals surface area (Å²) in [7, 11) is 1.65. The van der Waals surface area contributed by atoms with Crippen LogP contribution in [-0.2, 0) is 16.7 Å². The lowest BCUT2D eigenvalue weighted by molar-refractivity contribution is 0.0513. The molecule has 1 saturated heterocycles. The number of nitrogens with one attached hydrogen (secondary N) is 2. The van der Waals surface area contributed by atoms with Gasteiger partial charge >= 0.3 is 0 Å². The summed E-state index contributed by atoms with van der Waals surface area (Å²) in [6.45, 7) is 2.30. The van der Waals surface area contributed by atoms with E-state index in [1.807, 2.05) is 12.1 Å². The standard InChI is InChI=1S/C22H25F2N3O3/c1-25-21(26-12-15-10-17(23)3-4-18(15)24)27-13-22(6-8-28-9-7-22)16-2-5-19-20(11-16)30-14-29-19/h2-5,10-11H,6-9,12-14H2,1H3,(H2,25,26,27). The minimum Gasteiger partial charge on any atom is -0.454 e. The SMILES string of the molecule is CN=C(NCc1cc(F)ccc1F)NCC1(c2ccc3c(c2)OCO3)CCOCC1. The first-order chi connectivity index (χ1) is 14.6. The van der Waals surface area contributed by atoms with Crippen molar-refractivity contribution in [3.05, 3.63) is 59.2 Å². The Morgan fingerprint density at radius 2 is 1.83 bits per heavy atom. The molecule has 2 aromatic rings. The summed E-state index contributed by atoms with van der Waals surface area (Å²) in [6, 6.07) is 9.45. The molecule has 2 aliphatic rings. The maximum absolute atomic E-state index is 13.9. The number of hydrogen-bond acceptors (Lipinski definition) is 4. The maximum atomic E-state index is 13.9. The van der Waals surface area contributed by atoms with E-state index in [0.717, 1.165) is 42.0 Å². The van der Waals surface area contributed by atoms with Crippen LogP contribution in [0.1, 0.15) is 24.0 Å². The first-order valence-electron chi connectivity index (χ1n) is 9.96. The quantitative estimate of drug-likeness (QED) is 0.578. The van der Waals surface area contributed by atoms with E-state index < -0.39 is 11.6 Å². The Hall–Kier alpha value is -2.87. The van der Waals surface area contributed by atoms with E-state index >= 15 is 0 Å². The van der Waals surface area contributed by atoms with Gasteiger partial charge in [-0.1, -0.05) is 6.07 Å². The van der Waals surface area contributed by atoms with Gasteiger partial charge in [-0.3, -0.25) is 4.99 Å². The molecule has 2 heterocycles. The molecule has 0 aliphatic carbocycles. The lowest BCUT2D eigenvalue weighted by atomic mass is 9.74. The first-order valence-corrected chi connectivity index (χ1v) is 9.96. The van der Waals surface area contributed by atoms with Crippen molar-refractivity contribution in [3.63, 3.8) is 0 Å². The summed E-state index contributed by atoms with van der Waals surface area (Å²) in [5.41, 5.74) is 1.23. The highest BCUT2D eigenvalue weighted by Crippen LogP contribution is 2.40. The van der Waals surface area contributed by atoms with Crippen molar-refractivity contribution >= 4 is 5.96 Å². The fourth-order valence-electron chi connectivity index (χ4n) is 3.89. The topological polar surface area (TPSA) is 64.1 Å². The lowest BCUT2D eigenvalue weighted by Gasteiger charge is -2.38. The highest BCUT2D eigenvalue weighted by atomic mass is 19.1. The Morgan fingerprint density at radius 1 is 1.03 bits per heavy atom. The van der Waals surface area contributed by atoms with Gasteiger partial charge in [-0.2, -0.15) is 0 Å². The second kappa shape index (κ2) is 8.87. The number of fused-ring (bicyclic) bond motifs is 1. The molecular formula is C22H25F2N3O3. The van der Waals surface area contributed by atoms with E-state index in [0.29, 0.717) is 25.7 Å². The molecule has 6 nitrogen and oxygen atoms in total. The molecule has 0 atom stereocenters. The van der Waals surface area contributed by atoms with E-state index in [1.54, 1.807) is 7.05 Å². The molecule has 0 aromatic heterocycles. The van der Waals surface area contributed by atoms with E-state index in [-0.39, 0.29) is 24.3 Å². The van der Waals surface area contributed by atoms with E-state index in [9.17, 15) is 8.78 Å². The molecule has 0 radical (unpaired) electrons. The molecule has 4 rings (SSSR count). The number of hydrogen-bond donors (Lipinski definition) is 2. The van der Waals surface area contributed by atoms with Crippen LogP contribution in [0.25, 0.3) is 0 Å². The van der Waals surface area contributed by atoms with Crippen LogP contribution in [0.2, 0.25) is 0 Å². The van der Waals surface area contributed by atoms with Crippen molar-refractivity contribution in [2.45, 2.75) is 24.8 Å². The number of nitrogens with zero attached hydrogens (tertiary/aromatic N) is 1. The smallest absolute Gasteiger partial charge is 0.231 e. The number of halogens is 2. The third kappa shape index (κ3) is 4.33. The summed E-state index contributed by atoms with van der Waals surface area (Å²) in [5, 5.41) is 6.41. The van der Waals surface area contributed by atoms with Gasteiger partial charge < -0.3 is 24.8 Å². The summed E-state index contributed by atoms with van der Waals surface area (Å²) in [5.74, 6) is 1.09. The molecule has 0 bridgehead atoms. The van der Waals surface area contributed by atoms with Gasteiger partial charge in [0, 0.05) is 44.3 Å². The van der Waals surface area contributed by atoms with Crippen LogP contribution in [0, 0.1) is 11.6 Å². The molecule has 30 heavy (non-hydrogen) atoms. The Labute approximate surface area is 174 Å². The maximum Gasteiger partial charge on any atom is 0.231 e. The van der Waals surface area contributed by atoms with Crippen LogP contribution < -0.4 is 20.1 Å². The number of benzene rings is 2. The molecule has 2 N–H and O–H groups in total. The van der Waals surface area contributed by atoms with Crippen molar-refractivity contribution in [1.82, 2.24) is 10.6 Å². The normalized spacial score (nSPS) is 17.6. The summed E-state index contributed by atoms with van der Waals surface area (Å²) in [4.78, 5) is 4.22. The molecular weight excluding hydrogens is 392 g/mol. The molecule has 2 aliphatic heterocycles. The summed E-state index contributed by atoms with van der Waals surface area (Å²) < 4.78 is 43.9. The van der Waals surface area contributed by atoms with Gasteiger partial charge in [-0.25, -0.2) is 8.78 Å². The summed E-state index contributed by atoms with van der Waals surface area (Å²) in [6.07, 6.45) is 1.68. The fraction of sp³-hybridized carbons (Fsp3) is 0.409.